The van der Waals surface area contributed by atoms with Crippen LogP contribution in [0.15, 0.2) is 12.1 Å². The predicted octanol–water partition coefficient (Wildman–Crippen LogP) is 3.82. The average Bonchev–Trinajstić information content (AvgIpc) is 2.34. The molecule has 0 aliphatic carbocycles. The number of nitrogens with one attached hydrogen (secondary N) is 1. The summed E-state index contributed by atoms with van der Waals surface area (Å²) < 4.78 is 23.6. The van der Waals surface area contributed by atoms with Crippen molar-refractivity contribution in [3.63, 3.8) is 0 Å². The van der Waals surface area contributed by atoms with E-state index in [2.05, 4.69) is 12.2 Å². The lowest BCUT2D eigenvalue weighted by Crippen LogP contribution is -2.45. The van der Waals surface area contributed by atoms with Gasteiger partial charge in [0, 0.05) is 11.3 Å². The van der Waals surface area contributed by atoms with Crippen LogP contribution in [-0.2, 0) is 9.84 Å². The van der Waals surface area contributed by atoms with Crippen molar-refractivity contribution in [1.29, 1.82) is 0 Å². The monoisotopic (exact) mass is 331 g/mol. The highest BCUT2D eigenvalue weighted by Gasteiger charge is 2.40. The van der Waals surface area contributed by atoms with Gasteiger partial charge in [-0.2, -0.15) is 0 Å². The maximum Gasteiger partial charge on any atom is 0.154 e. The normalized spacial score (nSPS) is 14.2. The maximum atomic E-state index is 12.2. The molecule has 0 fully saturated rings. The van der Waals surface area contributed by atoms with E-state index >= 15 is 0 Å². The molecule has 5 heteroatoms. The van der Waals surface area contributed by atoms with Gasteiger partial charge in [0.05, 0.1) is 10.8 Å². The molecule has 3 nitrogen and oxygen atoms in total. The van der Waals surface area contributed by atoms with Crippen LogP contribution in [-0.4, -0.2) is 26.0 Å². The van der Waals surface area contributed by atoms with Crippen molar-refractivity contribution >= 4 is 21.4 Å². The number of hydrogen-bond donors (Lipinski definition) is 1. The van der Waals surface area contributed by atoms with E-state index in [9.17, 15) is 8.42 Å². The summed E-state index contributed by atoms with van der Waals surface area (Å²) >= 11 is 6.16. The van der Waals surface area contributed by atoms with Crippen LogP contribution in [0.5, 0.6) is 0 Å². The lowest BCUT2D eigenvalue weighted by molar-refractivity contribution is 0.419. The van der Waals surface area contributed by atoms with E-state index in [1.54, 1.807) is 13.8 Å². The summed E-state index contributed by atoms with van der Waals surface area (Å²) in [7, 11) is -3.22. The van der Waals surface area contributed by atoms with Crippen LogP contribution in [0.3, 0.4) is 0 Å². The summed E-state index contributed by atoms with van der Waals surface area (Å²) in [5.41, 5.74) is 2.97. The number of benzene rings is 1. The van der Waals surface area contributed by atoms with Crippen molar-refractivity contribution in [2.24, 2.45) is 0 Å². The number of halogens is 1. The van der Waals surface area contributed by atoms with Crippen molar-refractivity contribution in [3.8, 4) is 0 Å². The van der Waals surface area contributed by atoms with Gasteiger partial charge in [0.2, 0.25) is 0 Å². The van der Waals surface area contributed by atoms with Crippen molar-refractivity contribution < 1.29 is 8.42 Å². The lowest BCUT2D eigenvalue weighted by atomic mass is 9.90. The molecule has 1 aromatic rings. The van der Waals surface area contributed by atoms with Gasteiger partial charge in [-0.05, 0) is 63.4 Å². The zero-order chi connectivity index (χ0) is 16.4. The Balaban J connectivity index is 3.43. The first kappa shape index (κ1) is 18.5. The molecule has 0 radical (unpaired) electrons. The number of aryl methyl sites for hydroxylation is 2. The molecule has 0 spiro atoms. The molecule has 0 aliphatic rings. The molecule has 1 atom stereocenters. The Kier molecular flexibility index (Phi) is 5.87. The van der Waals surface area contributed by atoms with Gasteiger partial charge >= 0.3 is 0 Å². The Morgan fingerprint density at radius 1 is 1.24 bits per heavy atom. The van der Waals surface area contributed by atoms with E-state index < -0.39 is 14.6 Å². The van der Waals surface area contributed by atoms with Crippen LogP contribution >= 0.6 is 11.6 Å². The molecule has 1 unspecified atom stereocenters. The van der Waals surface area contributed by atoms with Gasteiger partial charge in [-0.25, -0.2) is 8.42 Å². The maximum absolute atomic E-state index is 12.2. The highest BCUT2D eigenvalue weighted by molar-refractivity contribution is 7.92. The molecule has 0 aliphatic heterocycles. The molecular weight excluding hydrogens is 306 g/mol. The number of hydrogen-bond acceptors (Lipinski definition) is 3. The summed E-state index contributed by atoms with van der Waals surface area (Å²) in [5.74, 6) is 0. The fourth-order valence-electron chi connectivity index (χ4n) is 2.35. The Morgan fingerprint density at radius 3 is 2.29 bits per heavy atom. The minimum Gasteiger partial charge on any atom is -0.309 e. The van der Waals surface area contributed by atoms with Crippen molar-refractivity contribution in [1.82, 2.24) is 5.32 Å². The van der Waals surface area contributed by atoms with Crippen LogP contribution in [0.2, 0.25) is 5.02 Å². The lowest BCUT2D eigenvalue weighted by Gasteiger charge is -2.35. The third-order valence-electron chi connectivity index (χ3n) is 4.11. The molecule has 0 saturated carbocycles. The summed E-state index contributed by atoms with van der Waals surface area (Å²) in [4.78, 5) is 0. The van der Waals surface area contributed by atoms with Crippen LogP contribution in [0.25, 0.3) is 0 Å². The molecule has 0 saturated heterocycles. The van der Waals surface area contributed by atoms with Crippen LogP contribution in [0.1, 0.15) is 49.9 Å². The molecule has 0 bridgehead atoms. The molecule has 1 aromatic carbocycles. The smallest absolute Gasteiger partial charge is 0.154 e. The van der Waals surface area contributed by atoms with E-state index in [1.165, 1.54) is 6.26 Å². The average molecular weight is 332 g/mol. The summed E-state index contributed by atoms with van der Waals surface area (Å²) in [6.45, 7) is 10.3. The van der Waals surface area contributed by atoms with Crippen molar-refractivity contribution in [2.75, 3.05) is 12.8 Å². The summed E-state index contributed by atoms with van der Waals surface area (Å²) in [6.07, 6.45) is 2.24. The van der Waals surface area contributed by atoms with Crippen molar-refractivity contribution in [2.45, 2.75) is 51.8 Å². The quantitative estimate of drug-likeness (QED) is 0.862. The van der Waals surface area contributed by atoms with E-state index in [1.807, 2.05) is 26.0 Å². The fourth-order valence-corrected chi connectivity index (χ4v) is 3.20. The molecule has 1 rings (SSSR count). The first-order valence-electron chi connectivity index (χ1n) is 7.22. The van der Waals surface area contributed by atoms with E-state index in [0.717, 1.165) is 29.7 Å². The Morgan fingerprint density at radius 2 is 1.81 bits per heavy atom. The second-order valence-electron chi connectivity index (χ2n) is 6.22. The standard InChI is InChI=1S/C16H26ClNO2S/c1-7-8-18-15(16(4,5)21(6,19)20)13-9-12(3)14(17)10-11(13)2/h9-10,15,18H,7-8H2,1-6H3. The van der Waals surface area contributed by atoms with Crippen LogP contribution in [0, 0.1) is 13.8 Å². The minimum atomic E-state index is -3.22. The molecule has 0 amide bonds. The molecule has 21 heavy (non-hydrogen) atoms. The highest BCUT2D eigenvalue weighted by atomic mass is 35.5. The van der Waals surface area contributed by atoms with Gasteiger partial charge in [0.1, 0.15) is 0 Å². The number of sulfone groups is 1. The molecule has 0 aromatic heterocycles. The van der Waals surface area contributed by atoms with Gasteiger partial charge in [-0.3, -0.25) is 0 Å². The first-order chi connectivity index (χ1) is 9.52. The van der Waals surface area contributed by atoms with E-state index in [4.69, 9.17) is 11.6 Å². The minimum absolute atomic E-state index is 0.261. The van der Waals surface area contributed by atoms with Crippen LogP contribution < -0.4 is 5.32 Å². The van der Waals surface area contributed by atoms with Gasteiger partial charge in [0.15, 0.2) is 9.84 Å². The zero-order valence-electron chi connectivity index (χ0n) is 13.7. The first-order valence-corrected chi connectivity index (χ1v) is 9.49. The van der Waals surface area contributed by atoms with Gasteiger partial charge in [-0.1, -0.05) is 24.6 Å². The fraction of sp³-hybridized carbons (Fsp3) is 0.625. The van der Waals surface area contributed by atoms with Gasteiger partial charge in [0.25, 0.3) is 0 Å². The van der Waals surface area contributed by atoms with Gasteiger partial charge < -0.3 is 5.32 Å². The second-order valence-corrected chi connectivity index (χ2v) is 9.22. The topological polar surface area (TPSA) is 46.2 Å². The predicted molar refractivity (Wildman–Crippen MR) is 90.9 cm³/mol. The third-order valence-corrected chi connectivity index (χ3v) is 6.66. The van der Waals surface area contributed by atoms with E-state index in [-0.39, 0.29) is 6.04 Å². The van der Waals surface area contributed by atoms with Crippen molar-refractivity contribution in [3.05, 3.63) is 33.8 Å². The molecular formula is C16H26ClNO2S. The second kappa shape index (κ2) is 6.67. The highest BCUT2D eigenvalue weighted by Crippen LogP contribution is 2.35. The third kappa shape index (κ3) is 3.99. The summed E-state index contributed by atoms with van der Waals surface area (Å²) in [6, 6.07) is 3.65. The molecule has 1 N–H and O–H groups in total. The Bertz CT molecular complexity index is 609. The van der Waals surface area contributed by atoms with E-state index in [0.29, 0.717) is 5.02 Å². The Hall–Kier alpha value is -0.580. The van der Waals surface area contributed by atoms with Gasteiger partial charge in [-0.15, -0.1) is 0 Å². The molecule has 0 heterocycles. The molecule has 120 valence electrons. The Labute approximate surface area is 134 Å². The van der Waals surface area contributed by atoms with Crippen LogP contribution in [0.4, 0.5) is 0 Å². The summed E-state index contributed by atoms with van der Waals surface area (Å²) in [5, 5.41) is 4.11. The largest absolute Gasteiger partial charge is 0.309 e. The SMILES string of the molecule is CCCNC(c1cc(C)c(Cl)cc1C)C(C)(C)S(C)(=O)=O. The zero-order valence-corrected chi connectivity index (χ0v) is 15.3. The number of rotatable bonds is 6.